The Morgan fingerprint density at radius 3 is 2.60 bits per heavy atom. The van der Waals surface area contributed by atoms with Crippen LogP contribution in [0.3, 0.4) is 0 Å². The Morgan fingerprint density at radius 2 is 2.07 bits per heavy atom. The topological polar surface area (TPSA) is 41.1 Å². The Hall–Kier alpha value is -1.42. The zero-order valence-electron chi connectivity index (χ0n) is 9.10. The lowest BCUT2D eigenvalue weighted by Crippen LogP contribution is -2.45. The molecule has 0 saturated heterocycles. The Morgan fingerprint density at radius 1 is 1.40 bits per heavy atom. The smallest absolute Gasteiger partial charge is 0.244 e. The van der Waals surface area contributed by atoms with Crippen LogP contribution in [0.5, 0.6) is 0 Å². The molecule has 0 fully saturated rings. The third kappa shape index (κ3) is 2.53. The summed E-state index contributed by atoms with van der Waals surface area (Å²) >= 11 is 0. The summed E-state index contributed by atoms with van der Waals surface area (Å²) in [6, 6.07) is 6.06. The maximum atomic E-state index is 13.0. The zero-order valence-corrected chi connectivity index (χ0v) is 9.10. The third-order valence-electron chi connectivity index (χ3n) is 2.35. The van der Waals surface area contributed by atoms with Gasteiger partial charge in [-0.1, -0.05) is 12.1 Å². The molecule has 0 spiro atoms. The first-order valence-corrected chi connectivity index (χ1v) is 4.71. The maximum absolute atomic E-state index is 13.0. The van der Waals surface area contributed by atoms with E-state index < -0.39 is 5.41 Å². The molecule has 1 aromatic carbocycles. The largest absolute Gasteiger partial charge is 0.291 e. The van der Waals surface area contributed by atoms with Crippen LogP contribution in [0.15, 0.2) is 24.3 Å². The van der Waals surface area contributed by atoms with Crippen molar-refractivity contribution in [1.82, 2.24) is 10.9 Å². The minimum Gasteiger partial charge on any atom is -0.291 e. The van der Waals surface area contributed by atoms with Crippen LogP contribution in [0.2, 0.25) is 0 Å². The molecule has 15 heavy (non-hydrogen) atoms. The van der Waals surface area contributed by atoms with Crippen molar-refractivity contribution in [3.05, 3.63) is 35.6 Å². The molecule has 0 atom stereocenters. The van der Waals surface area contributed by atoms with E-state index in [0.29, 0.717) is 5.56 Å². The van der Waals surface area contributed by atoms with E-state index in [1.807, 2.05) is 0 Å². The molecule has 1 amide bonds. The minimum absolute atomic E-state index is 0.199. The van der Waals surface area contributed by atoms with Crippen LogP contribution in [-0.2, 0) is 10.2 Å². The van der Waals surface area contributed by atoms with E-state index in [4.69, 9.17) is 0 Å². The molecule has 2 N–H and O–H groups in total. The molecule has 0 radical (unpaired) electrons. The lowest BCUT2D eigenvalue weighted by Gasteiger charge is -2.23. The fourth-order valence-corrected chi connectivity index (χ4v) is 1.28. The molecule has 0 saturated carbocycles. The van der Waals surface area contributed by atoms with Gasteiger partial charge >= 0.3 is 0 Å². The molecule has 0 aliphatic heterocycles. The predicted molar refractivity (Wildman–Crippen MR) is 56.6 cm³/mol. The van der Waals surface area contributed by atoms with Crippen molar-refractivity contribution < 1.29 is 9.18 Å². The molecule has 0 aliphatic carbocycles. The van der Waals surface area contributed by atoms with Crippen molar-refractivity contribution in [3.63, 3.8) is 0 Å². The van der Waals surface area contributed by atoms with Gasteiger partial charge < -0.3 is 0 Å². The highest BCUT2D eigenvalue weighted by atomic mass is 19.1. The highest BCUT2D eigenvalue weighted by Crippen LogP contribution is 2.23. The van der Waals surface area contributed by atoms with E-state index in [2.05, 4.69) is 10.9 Å². The van der Waals surface area contributed by atoms with Gasteiger partial charge in [0.1, 0.15) is 5.82 Å². The summed E-state index contributed by atoms with van der Waals surface area (Å²) in [5.74, 6) is -0.534. The van der Waals surface area contributed by atoms with Gasteiger partial charge in [0.05, 0.1) is 5.41 Å². The van der Waals surface area contributed by atoms with E-state index in [1.165, 1.54) is 12.1 Å². The van der Waals surface area contributed by atoms with Crippen LogP contribution < -0.4 is 10.9 Å². The predicted octanol–water partition coefficient (Wildman–Crippen LogP) is 1.35. The molecule has 0 unspecified atom stereocenters. The van der Waals surface area contributed by atoms with E-state index in [0.717, 1.165) is 0 Å². The molecular weight excluding hydrogens is 195 g/mol. The molecule has 0 heterocycles. The molecule has 0 aliphatic rings. The van der Waals surface area contributed by atoms with Crippen molar-refractivity contribution in [3.8, 4) is 0 Å². The number of rotatable bonds is 3. The number of carbonyl (C=O) groups is 1. The van der Waals surface area contributed by atoms with E-state index in [9.17, 15) is 9.18 Å². The quantitative estimate of drug-likeness (QED) is 0.739. The Kier molecular flexibility index (Phi) is 3.42. The highest BCUT2D eigenvalue weighted by molar-refractivity contribution is 5.86. The van der Waals surface area contributed by atoms with Crippen molar-refractivity contribution >= 4 is 5.91 Å². The van der Waals surface area contributed by atoms with E-state index in [1.54, 1.807) is 33.0 Å². The summed E-state index contributed by atoms with van der Waals surface area (Å²) in [6.45, 7) is 3.49. The van der Waals surface area contributed by atoms with Crippen LogP contribution in [0, 0.1) is 5.82 Å². The summed E-state index contributed by atoms with van der Waals surface area (Å²) in [5.41, 5.74) is 4.95. The van der Waals surface area contributed by atoms with Gasteiger partial charge in [-0.25, -0.2) is 9.82 Å². The second-order valence-corrected chi connectivity index (χ2v) is 3.84. The fraction of sp³-hybridized carbons (Fsp3) is 0.364. The monoisotopic (exact) mass is 210 g/mol. The van der Waals surface area contributed by atoms with Crippen LogP contribution in [0.4, 0.5) is 4.39 Å². The van der Waals surface area contributed by atoms with Crippen LogP contribution >= 0.6 is 0 Å². The summed E-state index contributed by atoms with van der Waals surface area (Å²) < 4.78 is 13.0. The number of halogens is 1. The normalized spacial score (nSPS) is 11.2. The second kappa shape index (κ2) is 4.40. The standard InChI is InChI=1S/C11H15FN2O/c1-11(2,10(15)14-13-3)8-5-4-6-9(12)7-8/h4-7,13H,1-3H3,(H,14,15). The molecule has 1 rings (SSSR count). The molecule has 82 valence electrons. The molecular formula is C11H15FN2O. The first-order valence-electron chi connectivity index (χ1n) is 4.71. The van der Waals surface area contributed by atoms with Crippen LogP contribution in [0.25, 0.3) is 0 Å². The number of carbonyl (C=O) groups excluding carboxylic acids is 1. The number of hydrogen-bond donors (Lipinski definition) is 2. The van der Waals surface area contributed by atoms with Gasteiger partial charge in [0, 0.05) is 7.05 Å². The van der Waals surface area contributed by atoms with Gasteiger partial charge in [0.15, 0.2) is 0 Å². The maximum Gasteiger partial charge on any atom is 0.244 e. The van der Waals surface area contributed by atoms with Gasteiger partial charge in [-0.15, -0.1) is 0 Å². The van der Waals surface area contributed by atoms with Gasteiger partial charge in [-0.2, -0.15) is 0 Å². The minimum atomic E-state index is -0.759. The molecule has 0 bridgehead atoms. The van der Waals surface area contributed by atoms with Crippen LogP contribution in [-0.4, -0.2) is 13.0 Å². The first-order chi connectivity index (χ1) is 6.98. The van der Waals surface area contributed by atoms with Crippen molar-refractivity contribution in [2.75, 3.05) is 7.05 Å². The van der Waals surface area contributed by atoms with E-state index in [-0.39, 0.29) is 11.7 Å². The summed E-state index contributed by atoms with van der Waals surface area (Å²) in [5, 5.41) is 0. The summed E-state index contributed by atoms with van der Waals surface area (Å²) in [4.78, 5) is 11.7. The Labute approximate surface area is 88.7 Å². The third-order valence-corrected chi connectivity index (χ3v) is 2.35. The van der Waals surface area contributed by atoms with Gasteiger partial charge in [-0.05, 0) is 31.5 Å². The zero-order chi connectivity index (χ0) is 11.5. The summed E-state index contributed by atoms with van der Waals surface area (Å²) in [7, 11) is 1.61. The number of nitrogens with one attached hydrogen (secondary N) is 2. The fourth-order valence-electron chi connectivity index (χ4n) is 1.28. The van der Waals surface area contributed by atoms with Gasteiger partial charge in [0.2, 0.25) is 5.91 Å². The Bertz CT molecular complexity index is 363. The highest BCUT2D eigenvalue weighted by Gasteiger charge is 2.29. The van der Waals surface area contributed by atoms with Gasteiger partial charge in [0.25, 0.3) is 0 Å². The van der Waals surface area contributed by atoms with E-state index >= 15 is 0 Å². The van der Waals surface area contributed by atoms with Crippen molar-refractivity contribution in [2.45, 2.75) is 19.3 Å². The van der Waals surface area contributed by atoms with Gasteiger partial charge in [-0.3, -0.25) is 10.2 Å². The molecule has 4 heteroatoms. The molecule has 1 aromatic rings. The number of amides is 1. The first kappa shape index (κ1) is 11.7. The summed E-state index contributed by atoms with van der Waals surface area (Å²) in [6.07, 6.45) is 0. The average Bonchev–Trinajstić information content (AvgIpc) is 2.18. The lowest BCUT2D eigenvalue weighted by atomic mass is 9.84. The molecule has 3 nitrogen and oxygen atoms in total. The van der Waals surface area contributed by atoms with Crippen molar-refractivity contribution in [1.29, 1.82) is 0 Å². The number of benzene rings is 1. The average molecular weight is 210 g/mol. The van der Waals surface area contributed by atoms with Crippen molar-refractivity contribution in [2.24, 2.45) is 0 Å². The lowest BCUT2D eigenvalue weighted by molar-refractivity contribution is -0.126. The Balaban J connectivity index is 2.99. The molecule has 0 aromatic heterocycles. The second-order valence-electron chi connectivity index (χ2n) is 3.84. The SMILES string of the molecule is CNNC(=O)C(C)(C)c1cccc(F)c1. The number of hydrogen-bond acceptors (Lipinski definition) is 2. The number of hydrazine groups is 1. The van der Waals surface area contributed by atoms with Crippen LogP contribution in [0.1, 0.15) is 19.4 Å².